The number of hydrogen-bond donors (Lipinski definition) is 2. The van der Waals surface area contributed by atoms with Crippen LogP contribution in [-0.2, 0) is 4.79 Å². The molecule has 0 aliphatic carbocycles. The van der Waals surface area contributed by atoms with Crippen molar-refractivity contribution in [2.75, 3.05) is 19.6 Å². The zero-order valence-electron chi connectivity index (χ0n) is 14.0. The van der Waals surface area contributed by atoms with Crippen LogP contribution in [0.25, 0.3) is 23.1 Å². The van der Waals surface area contributed by atoms with Crippen molar-refractivity contribution >= 4 is 34.9 Å². The molecule has 1 aliphatic heterocycles. The number of aromatic amines is 1. The Morgan fingerprint density at radius 1 is 1.15 bits per heavy atom. The van der Waals surface area contributed by atoms with Crippen LogP contribution in [0, 0.1) is 0 Å². The number of rotatable bonds is 3. The summed E-state index contributed by atoms with van der Waals surface area (Å²) in [5.41, 5.74) is 3.03. The van der Waals surface area contributed by atoms with Gasteiger partial charge in [-0.2, -0.15) is 5.10 Å². The van der Waals surface area contributed by atoms with Crippen molar-refractivity contribution in [1.82, 2.24) is 25.4 Å². The van der Waals surface area contributed by atoms with E-state index in [4.69, 9.17) is 0 Å². The lowest BCUT2D eigenvalue weighted by Gasteiger charge is -2.26. The first-order valence-electron chi connectivity index (χ1n) is 8.34. The Balaban J connectivity index is 1.49. The van der Waals surface area contributed by atoms with E-state index in [2.05, 4.69) is 20.5 Å². The number of fused-ring (bicyclic) bond motifs is 1. The van der Waals surface area contributed by atoms with Crippen molar-refractivity contribution in [1.29, 1.82) is 0 Å². The first kappa shape index (κ1) is 16.0. The topological polar surface area (TPSA) is 91.0 Å². The molecule has 0 atom stereocenters. The van der Waals surface area contributed by atoms with Gasteiger partial charge in [0.05, 0.1) is 17.8 Å². The Bertz CT molecular complexity index is 991. The number of aromatic nitrogens is 3. The summed E-state index contributed by atoms with van der Waals surface area (Å²) in [4.78, 5) is 29.6. The number of amides is 2. The molecule has 0 bridgehead atoms. The van der Waals surface area contributed by atoms with E-state index in [0.29, 0.717) is 18.8 Å². The second-order valence-electron chi connectivity index (χ2n) is 6.04. The molecular weight excluding hydrogens is 330 g/mol. The third kappa shape index (κ3) is 3.19. The summed E-state index contributed by atoms with van der Waals surface area (Å²) in [6, 6.07) is 11.4. The van der Waals surface area contributed by atoms with Gasteiger partial charge < -0.3 is 10.2 Å². The number of carbonyl (C=O) groups excluding carboxylic acids is 2. The van der Waals surface area contributed by atoms with Crippen LogP contribution in [0.4, 0.5) is 0 Å². The summed E-state index contributed by atoms with van der Waals surface area (Å²) < 4.78 is 0. The summed E-state index contributed by atoms with van der Waals surface area (Å²) in [7, 11) is 0. The van der Waals surface area contributed by atoms with E-state index in [-0.39, 0.29) is 18.4 Å². The molecule has 1 aliphatic rings. The van der Waals surface area contributed by atoms with Crippen molar-refractivity contribution in [2.45, 2.75) is 0 Å². The lowest BCUT2D eigenvalue weighted by Crippen LogP contribution is -2.50. The maximum Gasteiger partial charge on any atom is 0.272 e. The molecule has 130 valence electrons. The number of benzene rings is 1. The number of nitrogens with one attached hydrogen (secondary N) is 2. The lowest BCUT2D eigenvalue weighted by atomic mass is 10.1. The average Bonchev–Trinajstić information content (AvgIpc) is 3.09. The van der Waals surface area contributed by atoms with Gasteiger partial charge in [-0.25, -0.2) is 0 Å². The summed E-state index contributed by atoms with van der Waals surface area (Å²) in [5.74, 6) is -0.371. The molecule has 2 amide bonds. The highest BCUT2D eigenvalue weighted by atomic mass is 16.2. The average molecular weight is 347 g/mol. The molecule has 0 radical (unpaired) electrons. The molecule has 7 nitrogen and oxygen atoms in total. The Morgan fingerprint density at radius 2 is 2.04 bits per heavy atom. The van der Waals surface area contributed by atoms with Gasteiger partial charge in [0.25, 0.3) is 5.91 Å². The summed E-state index contributed by atoms with van der Waals surface area (Å²) in [6.07, 6.45) is 5.45. The van der Waals surface area contributed by atoms with Crippen LogP contribution in [-0.4, -0.2) is 51.5 Å². The minimum absolute atomic E-state index is 0.0778. The Hall–Kier alpha value is -3.48. The van der Waals surface area contributed by atoms with Crippen LogP contribution in [0.15, 0.2) is 42.6 Å². The molecule has 1 aromatic carbocycles. The van der Waals surface area contributed by atoms with Crippen LogP contribution in [0.1, 0.15) is 21.7 Å². The summed E-state index contributed by atoms with van der Waals surface area (Å²) in [5, 5.41) is 11.0. The molecule has 3 heterocycles. The van der Waals surface area contributed by atoms with E-state index < -0.39 is 0 Å². The smallest absolute Gasteiger partial charge is 0.272 e. The highest BCUT2D eigenvalue weighted by Gasteiger charge is 2.22. The highest BCUT2D eigenvalue weighted by Crippen LogP contribution is 2.17. The summed E-state index contributed by atoms with van der Waals surface area (Å²) >= 11 is 0. The Kier molecular flexibility index (Phi) is 4.18. The monoisotopic (exact) mass is 347 g/mol. The third-order valence-corrected chi connectivity index (χ3v) is 4.26. The predicted molar refractivity (Wildman–Crippen MR) is 98.2 cm³/mol. The van der Waals surface area contributed by atoms with Crippen LogP contribution >= 0.6 is 0 Å². The number of nitrogens with zero attached hydrogens (tertiary/aromatic N) is 3. The molecule has 7 heteroatoms. The number of para-hydroxylation sites is 1. The number of H-pyrrole nitrogens is 1. The molecule has 1 saturated heterocycles. The van der Waals surface area contributed by atoms with Gasteiger partial charge in [0.2, 0.25) is 5.91 Å². The predicted octanol–water partition coefficient (Wildman–Crippen LogP) is 1.70. The highest BCUT2D eigenvalue weighted by molar-refractivity contribution is 5.95. The second kappa shape index (κ2) is 6.79. The largest absolute Gasteiger partial charge is 0.353 e. The molecule has 4 rings (SSSR count). The van der Waals surface area contributed by atoms with Gasteiger partial charge in [0.1, 0.15) is 5.69 Å². The van der Waals surface area contributed by atoms with E-state index >= 15 is 0 Å². The first-order valence-corrected chi connectivity index (χ1v) is 8.34. The molecule has 26 heavy (non-hydrogen) atoms. The number of carbonyl (C=O) groups is 2. The molecule has 0 unspecified atom stereocenters. The van der Waals surface area contributed by atoms with Crippen LogP contribution in [0.2, 0.25) is 0 Å². The van der Waals surface area contributed by atoms with Crippen LogP contribution < -0.4 is 5.32 Å². The van der Waals surface area contributed by atoms with Crippen molar-refractivity contribution in [2.24, 2.45) is 0 Å². The molecule has 1 fully saturated rings. The van der Waals surface area contributed by atoms with E-state index in [1.807, 2.05) is 42.5 Å². The van der Waals surface area contributed by atoms with Gasteiger partial charge in [-0.3, -0.25) is 19.7 Å². The SMILES string of the molecule is O=C1CN(C(=O)c2ccc(/C=C/c3n[nH]c4ccccc34)cn2)CCN1. The van der Waals surface area contributed by atoms with E-state index in [1.165, 1.54) is 4.90 Å². The van der Waals surface area contributed by atoms with Crippen LogP contribution in [0.3, 0.4) is 0 Å². The molecule has 0 spiro atoms. The van der Waals surface area contributed by atoms with Gasteiger partial charge in [-0.15, -0.1) is 0 Å². The van der Waals surface area contributed by atoms with Gasteiger partial charge in [0, 0.05) is 24.7 Å². The van der Waals surface area contributed by atoms with Crippen molar-refractivity contribution < 1.29 is 9.59 Å². The van der Waals surface area contributed by atoms with E-state index in [9.17, 15) is 9.59 Å². The first-order chi connectivity index (χ1) is 12.7. The second-order valence-corrected chi connectivity index (χ2v) is 6.04. The number of pyridine rings is 1. The standard InChI is InChI=1S/C19H17N5O2/c25-18-12-24(10-9-20-18)19(26)17-8-6-13(11-21-17)5-7-16-14-3-1-2-4-15(14)22-23-16/h1-8,11H,9-10,12H2,(H,20,25)(H,22,23)/b7-5+. The third-order valence-electron chi connectivity index (χ3n) is 4.26. The molecule has 0 saturated carbocycles. The lowest BCUT2D eigenvalue weighted by molar-refractivity contribution is -0.123. The van der Waals surface area contributed by atoms with Crippen molar-refractivity contribution in [3.8, 4) is 0 Å². The molecule has 2 aromatic heterocycles. The quantitative estimate of drug-likeness (QED) is 0.754. The minimum Gasteiger partial charge on any atom is -0.353 e. The van der Waals surface area contributed by atoms with Crippen LogP contribution in [0.5, 0.6) is 0 Å². The van der Waals surface area contributed by atoms with Gasteiger partial charge in [-0.05, 0) is 23.8 Å². The van der Waals surface area contributed by atoms with Crippen molar-refractivity contribution in [3.05, 3.63) is 59.5 Å². The minimum atomic E-state index is -0.228. The van der Waals surface area contributed by atoms with Gasteiger partial charge in [-0.1, -0.05) is 30.3 Å². The fourth-order valence-corrected chi connectivity index (χ4v) is 2.89. The zero-order valence-corrected chi connectivity index (χ0v) is 14.0. The Labute approximate surface area is 149 Å². The molecule has 3 aromatic rings. The number of piperazine rings is 1. The van der Waals surface area contributed by atoms with Crippen molar-refractivity contribution in [3.63, 3.8) is 0 Å². The maximum absolute atomic E-state index is 12.4. The zero-order chi connectivity index (χ0) is 17.9. The van der Waals surface area contributed by atoms with E-state index in [1.54, 1.807) is 12.3 Å². The summed E-state index contributed by atoms with van der Waals surface area (Å²) in [6.45, 7) is 1.05. The van der Waals surface area contributed by atoms with Gasteiger partial charge in [0.15, 0.2) is 0 Å². The normalized spacial score (nSPS) is 14.8. The van der Waals surface area contributed by atoms with E-state index in [0.717, 1.165) is 22.2 Å². The Morgan fingerprint density at radius 3 is 2.85 bits per heavy atom. The molecular formula is C19H17N5O2. The fourth-order valence-electron chi connectivity index (χ4n) is 2.89. The fraction of sp³-hybridized carbons (Fsp3) is 0.158. The number of hydrogen-bond acceptors (Lipinski definition) is 4. The van der Waals surface area contributed by atoms with Gasteiger partial charge >= 0.3 is 0 Å². The maximum atomic E-state index is 12.4. The molecule has 2 N–H and O–H groups in total.